The summed E-state index contributed by atoms with van der Waals surface area (Å²) in [4.78, 5) is 12.1. The molecular formula is C36H47NO3. The van der Waals surface area contributed by atoms with E-state index in [4.69, 9.17) is 9.47 Å². The van der Waals surface area contributed by atoms with E-state index in [1.165, 1.54) is 36.0 Å². The molecule has 0 spiro atoms. The van der Waals surface area contributed by atoms with Gasteiger partial charge in [-0.2, -0.15) is 0 Å². The Hall–Kier alpha value is -3.11. The third-order valence-electron chi connectivity index (χ3n) is 8.38. The van der Waals surface area contributed by atoms with Gasteiger partial charge in [-0.1, -0.05) is 71.0 Å². The molecule has 0 bridgehead atoms. The van der Waals surface area contributed by atoms with E-state index in [0.29, 0.717) is 18.8 Å². The first-order valence-corrected chi connectivity index (χ1v) is 15.1. The molecule has 4 heteroatoms. The zero-order chi connectivity index (χ0) is 28.8. The first kappa shape index (κ1) is 29.9. The Balaban J connectivity index is 1.67. The Morgan fingerprint density at radius 1 is 0.775 bits per heavy atom. The van der Waals surface area contributed by atoms with Crippen LogP contribution in [0.4, 0.5) is 0 Å². The maximum atomic E-state index is 12.1. The van der Waals surface area contributed by atoms with Gasteiger partial charge in [-0.25, -0.2) is 4.79 Å². The molecule has 0 amide bonds. The topological polar surface area (TPSA) is 47.6 Å². The minimum absolute atomic E-state index is 0.134. The largest absolute Gasteiger partial charge is 0.493 e. The van der Waals surface area contributed by atoms with E-state index in [9.17, 15) is 4.79 Å². The fourth-order valence-corrected chi connectivity index (χ4v) is 5.72. The quantitative estimate of drug-likeness (QED) is 0.184. The van der Waals surface area contributed by atoms with Gasteiger partial charge in [-0.3, -0.25) is 0 Å². The second-order valence-electron chi connectivity index (χ2n) is 12.3. The van der Waals surface area contributed by atoms with Crippen molar-refractivity contribution in [3.8, 4) is 28.0 Å². The molecule has 0 atom stereocenters. The highest BCUT2D eigenvalue weighted by atomic mass is 16.5. The van der Waals surface area contributed by atoms with Gasteiger partial charge in [0.05, 0.1) is 18.8 Å². The summed E-state index contributed by atoms with van der Waals surface area (Å²) in [5.74, 6) is 0.634. The summed E-state index contributed by atoms with van der Waals surface area (Å²) in [5.41, 5.74) is 8.25. The maximum Gasteiger partial charge on any atom is 0.338 e. The number of carbonyl (C=O) groups is 1. The van der Waals surface area contributed by atoms with Gasteiger partial charge in [0.25, 0.3) is 0 Å². The number of hydrogen-bond acceptors (Lipinski definition) is 4. The predicted octanol–water partition coefficient (Wildman–Crippen LogP) is 8.70. The number of benzene rings is 3. The monoisotopic (exact) mass is 541 g/mol. The number of carbonyl (C=O) groups excluding carboxylic acids is 1. The van der Waals surface area contributed by atoms with Crippen LogP contribution in [-0.4, -0.2) is 32.3 Å². The number of esters is 1. The zero-order valence-electron chi connectivity index (χ0n) is 25.4. The van der Waals surface area contributed by atoms with Gasteiger partial charge in [0.1, 0.15) is 5.75 Å². The van der Waals surface area contributed by atoms with E-state index in [0.717, 1.165) is 48.4 Å². The molecular weight excluding hydrogens is 494 g/mol. The molecule has 214 valence electrons. The first-order valence-electron chi connectivity index (χ1n) is 15.1. The van der Waals surface area contributed by atoms with Crippen molar-refractivity contribution >= 4 is 5.97 Å². The third-order valence-corrected chi connectivity index (χ3v) is 8.38. The Kier molecular flexibility index (Phi) is 9.73. The molecule has 40 heavy (non-hydrogen) atoms. The Bertz CT molecular complexity index is 1290. The van der Waals surface area contributed by atoms with Crippen LogP contribution in [0.1, 0.15) is 95.1 Å². The van der Waals surface area contributed by atoms with Crippen molar-refractivity contribution in [2.24, 2.45) is 0 Å². The van der Waals surface area contributed by atoms with E-state index in [1.54, 1.807) is 0 Å². The maximum absolute atomic E-state index is 12.1. The first-order chi connectivity index (χ1) is 19.2. The lowest BCUT2D eigenvalue weighted by Crippen LogP contribution is -2.33. The van der Waals surface area contributed by atoms with Crippen molar-refractivity contribution in [1.82, 2.24) is 5.32 Å². The second kappa shape index (κ2) is 13.0. The Labute approximate surface area is 241 Å². The summed E-state index contributed by atoms with van der Waals surface area (Å²) in [6.07, 6.45) is 5.73. The van der Waals surface area contributed by atoms with Crippen molar-refractivity contribution in [3.63, 3.8) is 0 Å². The average Bonchev–Trinajstić information content (AvgIpc) is 2.95. The van der Waals surface area contributed by atoms with Crippen molar-refractivity contribution in [2.75, 3.05) is 26.3 Å². The lowest BCUT2D eigenvalue weighted by molar-refractivity contribution is 0.0526. The Morgan fingerprint density at radius 3 is 2.15 bits per heavy atom. The van der Waals surface area contributed by atoms with Crippen LogP contribution < -0.4 is 10.1 Å². The minimum atomic E-state index is -0.288. The van der Waals surface area contributed by atoms with E-state index in [2.05, 4.69) is 76.3 Å². The lowest BCUT2D eigenvalue weighted by Gasteiger charge is -2.42. The number of rotatable bonds is 12. The molecule has 0 saturated carbocycles. The summed E-state index contributed by atoms with van der Waals surface area (Å²) >= 11 is 0. The third kappa shape index (κ3) is 6.96. The molecule has 3 aromatic rings. The molecule has 0 heterocycles. The molecule has 0 radical (unpaired) electrons. The number of unbranched alkanes of at least 4 members (excludes halogenated alkanes) is 2. The molecule has 1 N–H and O–H groups in total. The fourth-order valence-electron chi connectivity index (χ4n) is 5.72. The van der Waals surface area contributed by atoms with Crippen LogP contribution in [0.3, 0.4) is 0 Å². The highest BCUT2D eigenvalue weighted by Gasteiger charge is 2.37. The van der Waals surface area contributed by atoms with Gasteiger partial charge >= 0.3 is 5.97 Å². The molecule has 4 nitrogen and oxygen atoms in total. The van der Waals surface area contributed by atoms with Gasteiger partial charge in [0.15, 0.2) is 0 Å². The molecule has 1 aliphatic rings. The van der Waals surface area contributed by atoms with Crippen LogP contribution in [0.15, 0.2) is 60.7 Å². The molecule has 0 fully saturated rings. The molecule has 4 rings (SSSR count). The van der Waals surface area contributed by atoms with Crippen LogP contribution in [0.2, 0.25) is 0 Å². The van der Waals surface area contributed by atoms with Crippen molar-refractivity contribution in [1.29, 1.82) is 0 Å². The number of fused-ring (bicyclic) bond motifs is 1. The number of nitrogens with one attached hydrogen (secondary N) is 1. The van der Waals surface area contributed by atoms with Gasteiger partial charge in [-0.15, -0.1) is 0 Å². The standard InChI is InChI=1S/C36H47NO3/c1-7-37-22-10-9-11-23-40-33-19-17-28(26-12-14-27(15-13-26)34(38)39-8-2)24-30(33)29-16-18-31-32(25-29)36(5,6)21-20-35(31,3)4/h12-19,24-25,37H,7-11,20-23H2,1-6H3. The Morgan fingerprint density at radius 2 is 1.45 bits per heavy atom. The molecule has 3 aromatic carbocycles. The second-order valence-corrected chi connectivity index (χ2v) is 12.3. The number of ether oxygens (including phenoxy) is 2. The molecule has 0 unspecified atom stereocenters. The number of hydrogen-bond donors (Lipinski definition) is 1. The molecule has 0 saturated heterocycles. The molecule has 0 aliphatic heterocycles. The van der Waals surface area contributed by atoms with Crippen LogP contribution in [-0.2, 0) is 15.6 Å². The lowest BCUT2D eigenvalue weighted by atomic mass is 9.63. The van der Waals surface area contributed by atoms with E-state index in [-0.39, 0.29) is 16.8 Å². The minimum Gasteiger partial charge on any atom is -0.493 e. The van der Waals surface area contributed by atoms with E-state index in [1.807, 2.05) is 31.2 Å². The van der Waals surface area contributed by atoms with E-state index < -0.39 is 0 Å². The van der Waals surface area contributed by atoms with E-state index >= 15 is 0 Å². The van der Waals surface area contributed by atoms with Crippen LogP contribution in [0, 0.1) is 0 Å². The van der Waals surface area contributed by atoms with Gasteiger partial charge < -0.3 is 14.8 Å². The summed E-state index contributed by atoms with van der Waals surface area (Å²) in [5, 5.41) is 3.40. The normalized spacial score (nSPS) is 15.3. The van der Waals surface area contributed by atoms with Crippen LogP contribution in [0.25, 0.3) is 22.3 Å². The van der Waals surface area contributed by atoms with Gasteiger partial charge in [0, 0.05) is 5.56 Å². The van der Waals surface area contributed by atoms with Crippen LogP contribution in [0.5, 0.6) is 5.75 Å². The zero-order valence-corrected chi connectivity index (χ0v) is 25.4. The van der Waals surface area contributed by atoms with Gasteiger partial charge in [-0.05, 0) is 115 Å². The van der Waals surface area contributed by atoms with Crippen molar-refractivity contribution in [2.45, 2.75) is 84.5 Å². The highest BCUT2D eigenvalue weighted by molar-refractivity contribution is 5.90. The SMILES string of the molecule is CCNCCCCCOc1ccc(-c2ccc(C(=O)OCC)cc2)cc1-c1ccc2c(c1)C(C)(C)CCC2(C)C. The predicted molar refractivity (Wildman–Crippen MR) is 166 cm³/mol. The average molecular weight is 542 g/mol. The van der Waals surface area contributed by atoms with Crippen LogP contribution >= 0.6 is 0 Å². The molecule has 1 aliphatic carbocycles. The summed E-state index contributed by atoms with van der Waals surface area (Å²) in [7, 11) is 0. The summed E-state index contributed by atoms with van der Waals surface area (Å²) in [6, 6.07) is 21.2. The summed E-state index contributed by atoms with van der Waals surface area (Å²) < 4.78 is 11.6. The summed E-state index contributed by atoms with van der Waals surface area (Å²) in [6.45, 7) is 16.6. The molecule has 0 aromatic heterocycles. The smallest absolute Gasteiger partial charge is 0.338 e. The fraction of sp³-hybridized carbons (Fsp3) is 0.472. The van der Waals surface area contributed by atoms with Crippen molar-refractivity contribution in [3.05, 3.63) is 77.4 Å². The van der Waals surface area contributed by atoms with Gasteiger partial charge in [0.2, 0.25) is 0 Å². The highest BCUT2D eigenvalue weighted by Crippen LogP contribution is 2.47. The van der Waals surface area contributed by atoms with Crippen molar-refractivity contribution < 1.29 is 14.3 Å².